The molecule has 1 saturated heterocycles. The van der Waals surface area contributed by atoms with Gasteiger partial charge in [-0.15, -0.1) is 0 Å². The lowest BCUT2D eigenvalue weighted by molar-refractivity contribution is -0.122. The lowest BCUT2D eigenvalue weighted by Gasteiger charge is -2.34. The fourth-order valence-corrected chi connectivity index (χ4v) is 3.47. The van der Waals surface area contributed by atoms with E-state index in [1.165, 1.54) is 0 Å². The molecule has 1 aromatic heterocycles. The van der Waals surface area contributed by atoms with Crippen LogP contribution in [-0.4, -0.2) is 32.9 Å². The molecule has 1 fully saturated rings. The van der Waals surface area contributed by atoms with Crippen LogP contribution in [0.1, 0.15) is 25.1 Å². The number of hydrogen-bond donors (Lipinski definition) is 1. The number of likely N-dealkylation sites (tertiary alicyclic amines) is 1. The molecule has 1 aliphatic heterocycles. The Hall–Kier alpha value is -1.27. The van der Waals surface area contributed by atoms with Gasteiger partial charge in [-0.05, 0) is 37.6 Å². The number of hydrogen-bond acceptors (Lipinski definition) is 3. The highest BCUT2D eigenvalue weighted by Crippen LogP contribution is 2.26. The molecule has 1 aromatic carbocycles. The van der Waals surface area contributed by atoms with Gasteiger partial charge in [0.25, 0.3) is 0 Å². The van der Waals surface area contributed by atoms with Crippen molar-refractivity contribution in [3.05, 3.63) is 45.4 Å². The number of amides is 1. The van der Waals surface area contributed by atoms with E-state index in [0.717, 1.165) is 31.6 Å². The molecule has 2 heterocycles. The Kier molecular flexibility index (Phi) is 5.89. The Morgan fingerprint density at radius 1 is 1.28 bits per heavy atom. The SMILES string of the molecule is Cn1c(Cl)cnc1CN1CCCCC1C(=O)Nc1ccc(Cl)c(Cl)c1. The summed E-state index contributed by atoms with van der Waals surface area (Å²) in [6, 6.07) is 4.87. The average molecular weight is 402 g/mol. The first-order valence-electron chi connectivity index (χ1n) is 8.12. The summed E-state index contributed by atoms with van der Waals surface area (Å²) in [4.78, 5) is 19.3. The van der Waals surface area contributed by atoms with E-state index < -0.39 is 0 Å². The van der Waals surface area contributed by atoms with E-state index >= 15 is 0 Å². The Morgan fingerprint density at radius 3 is 2.76 bits per heavy atom. The second-order valence-electron chi connectivity index (χ2n) is 6.16. The number of rotatable bonds is 4. The van der Waals surface area contributed by atoms with Gasteiger partial charge in [0.1, 0.15) is 11.0 Å². The number of anilines is 1. The Bertz CT molecular complexity index is 777. The number of benzene rings is 1. The van der Waals surface area contributed by atoms with Crippen LogP contribution >= 0.6 is 34.8 Å². The molecule has 0 spiro atoms. The quantitative estimate of drug-likeness (QED) is 0.827. The molecule has 5 nitrogen and oxygen atoms in total. The van der Waals surface area contributed by atoms with E-state index in [0.29, 0.717) is 27.4 Å². The lowest BCUT2D eigenvalue weighted by atomic mass is 10.0. The highest BCUT2D eigenvalue weighted by molar-refractivity contribution is 6.42. The summed E-state index contributed by atoms with van der Waals surface area (Å²) >= 11 is 18.0. The number of nitrogens with zero attached hydrogens (tertiary/aromatic N) is 3. The molecule has 0 saturated carbocycles. The average Bonchev–Trinajstić information content (AvgIpc) is 2.91. The third-order valence-corrected chi connectivity index (χ3v) is 5.57. The van der Waals surface area contributed by atoms with Gasteiger partial charge in [0, 0.05) is 12.7 Å². The zero-order valence-corrected chi connectivity index (χ0v) is 16.1. The number of nitrogens with one attached hydrogen (secondary N) is 1. The van der Waals surface area contributed by atoms with Gasteiger partial charge in [-0.3, -0.25) is 9.69 Å². The monoisotopic (exact) mass is 400 g/mol. The summed E-state index contributed by atoms with van der Waals surface area (Å²) in [5.74, 6) is 0.803. The van der Waals surface area contributed by atoms with Crippen LogP contribution in [-0.2, 0) is 18.4 Å². The molecule has 3 rings (SSSR count). The molecule has 1 unspecified atom stereocenters. The molecule has 0 bridgehead atoms. The molecular formula is C17H19Cl3N4O. The Morgan fingerprint density at radius 2 is 2.08 bits per heavy atom. The third kappa shape index (κ3) is 4.29. The van der Waals surface area contributed by atoms with Crippen molar-refractivity contribution >= 4 is 46.4 Å². The topological polar surface area (TPSA) is 50.2 Å². The largest absolute Gasteiger partial charge is 0.325 e. The molecule has 1 aliphatic rings. The van der Waals surface area contributed by atoms with E-state index in [9.17, 15) is 4.79 Å². The number of imidazole rings is 1. The minimum absolute atomic E-state index is 0.0432. The van der Waals surface area contributed by atoms with Crippen molar-refractivity contribution in [2.45, 2.75) is 31.8 Å². The molecular weight excluding hydrogens is 383 g/mol. The maximum absolute atomic E-state index is 12.8. The zero-order valence-electron chi connectivity index (χ0n) is 13.8. The maximum atomic E-state index is 12.8. The standard InChI is InChI=1S/C17H19Cl3N4O/c1-23-15(20)9-21-16(23)10-24-7-3-2-4-14(24)17(25)22-11-5-6-12(18)13(19)8-11/h5-6,8-9,14H,2-4,7,10H2,1H3,(H,22,25). The van der Waals surface area contributed by atoms with Crippen LogP contribution in [0.2, 0.25) is 15.2 Å². The Balaban J connectivity index is 1.72. The van der Waals surface area contributed by atoms with E-state index in [1.54, 1.807) is 24.4 Å². The van der Waals surface area contributed by atoms with Crippen molar-refractivity contribution in [3.8, 4) is 0 Å². The van der Waals surface area contributed by atoms with Crippen LogP contribution in [0, 0.1) is 0 Å². The normalized spacial score (nSPS) is 18.3. The second kappa shape index (κ2) is 7.96. The number of halogens is 3. The van der Waals surface area contributed by atoms with E-state index in [4.69, 9.17) is 34.8 Å². The van der Waals surface area contributed by atoms with Gasteiger partial charge in [0.2, 0.25) is 5.91 Å². The van der Waals surface area contributed by atoms with Crippen LogP contribution in [0.5, 0.6) is 0 Å². The van der Waals surface area contributed by atoms with Crippen molar-refractivity contribution in [1.82, 2.24) is 14.5 Å². The summed E-state index contributed by atoms with van der Waals surface area (Å²) in [5.41, 5.74) is 0.643. The molecule has 25 heavy (non-hydrogen) atoms. The van der Waals surface area contributed by atoms with Crippen molar-refractivity contribution in [1.29, 1.82) is 0 Å². The first kappa shape index (κ1) is 18.5. The first-order chi connectivity index (χ1) is 12.0. The van der Waals surface area contributed by atoms with Crippen LogP contribution < -0.4 is 5.32 Å². The lowest BCUT2D eigenvalue weighted by Crippen LogP contribution is -2.46. The van der Waals surface area contributed by atoms with Gasteiger partial charge in [0.05, 0.1) is 28.8 Å². The fourth-order valence-electron chi connectivity index (χ4n) is 3.03. The summed E-state index contributed by atoms with van der Waals surface area (Å²) < 4.78 is 1.84. The molecule has 1 amide bonds. The molecule has 2 aromatic rings. The smallest absolute Gasteiger partial charge is 0.241 e. The summed E-state index contributed by atoms with van der Waals surface area (Å²) in [6.07, 6.45) is 4.53. The van der Waals surface area contributed by atoms with E-state index in [2.05, 4.69) is 15.2 Å². The number of carbonyl (C=O) groups excluding carboxylic acids is 1. The van der Waals surface area contributed by atoms with Crippen molar-refractivity contribution < 1.29 is 4.79 Å². The van der Waals surface area contributed by atoms with Crippen LogP contribution in [0.3, 0.4) is 0 Å². The molecule has 0 radical (unpaired) electrons. The van der Waals surface area contributed by atoms with Crippen molar-refractivity contribution in [3.63, 3.8) is 0 Å². The molecule has 8 heteroatoms. The molecule has 1 N–H and O–H groups in total. The predicted octanol–water partition coefficient (Wildman–Crippen LogP) is 4.37. The Labute approximate surface area is 161 Å². The van der Waals surface area contributed by atoms with Gasteiger partial charge >= 0.3 is 0 Å². The summed E-state index contributed by atoms with van der Waals surface area (Å²) in [6.45, 7) is 1.44. The van der Waals surface area contributed by atoms with Crippen LogP contribution in [0.25, 0.3) is 0 Å². The minimum atomic E-state index is -0.210. The second-order valence-corrected chi connectivity index (χ2v) is 7.36. The molecule has 134 valence electrons. The van der Waals surface area contributed by atoms with E-state index in [1.807, 2.05) is 11.6 Å². The number of carbonyl (C=O) groups is 1. The number of aromatic nitrogens is 2. The first-order valence-corrected chi connectivity index (χ1v) is 9.25. The highest BCUT2D eigenvalue weighted by Gasteiger charge is 2.29. The number of piperidine rings is 1. The zero-order chi connectivity index (χ0) is 18.0. The highest BCUT2D eigenvalue weighted by atomic mass is 35.5. The van der Waals surface area contributed by atoms with Gasteiger partial charge in [-0.25, -0.2) is 4.98 Å². The summed E-state index contributed by atoms with van der Waals surface area (Å²) in [7, 11) is 1.87. The van der Waals surface area contributed by atoms with Crippen LogP contribution in [0.4, 0.5) is 5.69 Å². The van der Waals surface area contributed by atoms with E-state index in [-0.39, 0.29) is 11.9 Å². The van der Waals surface area contributed by atoms with Gasteiger partial charge < -0.3 is 9.88 Å². The predicted molar refractivity (Wildman–Crippen MR) is 101 cm³/mol. The van der Waals surface area contributed by atoms with Crippen LogP contribution in [0.15, 0.2) is 24.4 Å². The van der Waals surface area contributed by atoms with Gasteiger partial charge in [-0.2, -0.15) is 0 Å². The van der Waals surface area contributed by atoms with Gasteiger partial charge in [0.15, 0.2) is 0 Å². The van der Waals surface area contributed by atoms with Gasteiger partial charge in [-0.1, -0.05) is 41.2 Å². The molecule has 1 atom stereocenters. The minimum Gasteiger partial charge on any atom is -0.325 e. The maximum Gasteiger partial charge on any atom is 0.241 e. The fraction of sp³-hybridized carbons (Fsp3) is 0.412. The summed E-state index contributed by atoms with van der Waals surface area (Å²) in [5, 5.41) is 4.41. The third-order valence-electron chi connectivity index (χ3n) is 4.48. The molecule has 0 aliphatic carbocycles. The van der Waals surface area contributed by atoms with Crippen molar-refractivity contribution in [2.24, 2.45) is 7.05 Å². The van der Waals surface area contributed by atoms with Crippen molar-refractivity contribution in [2.75, 3.05) is 11.9 Å².